The van der Waals surface area contributed by atoms with Crippen LogP contribution in [0.4, 0.5) is 0 Å². The van der Waals surface area contributed by atoms with Crippen LogP contribution < -0.4 is 0 Å². The van der Waals surface area contributed by atoms with Crippen molar-refractivity contribution in [2.75, 3.05) is 0 Å². The van der Waals surface area contributed by atoms with Crippen LogP contribution in [0.3, 0.4) is 0 Å². The van der Waals surface area contributed by atoms with Crippen LogP contribution in [-0.2, 0) is 9.47 Å². The second-order valence-corrected chi connectivity index (χ2v) is 3.98. The highest BCUT2D eigenvalue weighted by Crippen LogP contribution is 2.47. The molecule has 0 aromatic carbocycles. The van der Waals surface area contributed by atoms with Crippen LogP contribution >= 0.6 is 0 Å². The predicted octanol–water partition coefficient (Wildman–Crippen LogP) is 1.69. The first-order valence-electron chi connectivity index (χ1n) is 3.90. The van der Waals surface area contributed by atoms with Crippen molar-refractivity contribution >= 4 is 0 Å². The molecule has 2 aliphatic rings. The third kappa shape index (κ3) is 0.722. The molecule has 0 unspecified atom stereocenters. The minimum Gasteiger partial charge on any atom is -0.344 e. The topological polar surface area (TPSA) is 18.5 Å². The lowest BCUT2D eigenvalue weighted by molar-refractivity contribution is -0.162. The molecular weight excluding hydrogens is 128 g/mol. The van der Waals surface area contributed by atoms with Crippen LogP contribution in [0.1, 0.15) is 33.6 Å². The Morgan fingerprint density at radius 1 is 1.30 bits per heavy atom. The Labute approximate surface area is 61.5 Å². The predicted molar refractivity (Wildman–Crippen MR) is 37.7 cm³/mol. The average Bonchev–Trinajstić information content (AvgIpc) is 2.16. The van der Waals surface area contributed by atoms with Crippen LogP contribution in [0.25, 0.3) is 0 Å². The lowest BCUT2D eigenvalue weighted by Crippen LogP contribution is -2.37. The Morgan fingerprint density at radius 3 is 2.20 bits per heavy atom. The second-order valence-electron chi connectivity index (χ2n) is 3.98. The standard InChI is InChI=1S/C8H14O2/c1-7(2)6-4-5-8(3,9-6)10-7/h6H,4-5H2,1-3H3/t6-,8-/m1/s1. The molecule has 0 N–H and O–H groups in total. The second kappa shape index (κ2) is 1.56. The van der Waals surface area contributed by atoms with Gasteiger partial charge in [0.15, 0.2) is 5.79 Å². The third-order valence-corrected chi connectivity index (χ3v) is 2.51. The van der Waals surface area contributed by atoms with Crippen molar-refractivity contribution in [3.8, 4) is 0 Å². The fourth-order valence-corrected chi connectivity index (χ4v) is 2.00. The molecular formula is C8H14O2. The van der Waals surface area contributed by atoms with Gasteiger partial charge in [0.05, 0.1) is 11.7 Å². The van der Waals surface area contributed by atoms with Crippen molar-refractivity contribution in [1.29, 1.82) is 0 Å². The zero-order valence-electron chi connectivity index (χ0n) is 6.81. The van der Waals surface area contributed by atoms with Gasteiger partial charge in [-0.25, -0.2) is 0 Å². The van der Waals surface area contributed by atoms with Gasteiger partial charge in [-0.15, -0.1) is 0 Å². The van der Waals surface area contributed by atoms with E-state index in [1.807, 2.05) is 6.92 Å². The summed E-state index contributed by atoms with van der Waals surface area (Å²) in [5.41, 5.74) is -0.0486. The molecule has 10 heavy (non-hydrogen) atoms. The Bertz CT molecular complexity index is 162. The van der Waals surface area contributed by atoms with Gasteiger partial charge < -0.3 is 9.47 Å². The number of hydrogen-bond acceptors (Lipinski definition) is 2. The van der Waals surface area contributed by atoms with Gasteiger partial charge in [-0.1, -0.05) is 0 Å². The van der Waals surface area contributed by atoms with E-state index < -0.39 is 0 Å². The zero-order valence-corrected chi connectivity index (χ0v) is 6.81. The maximum Gasteiger partial charge on any atom is 0.166 e. The molecule has 2 fully saturated rings. The molecule has 0 spiro atoms. The molecule has 2 bridgehead atoms. The van der Waals surface area contributed by atoms with Crippen LogP contribution in [0.15, 0.2) is 0 Å². The molecule has 0 saturated carbocycles. The molecule has 2 heterocycles. The summed E-state index contributed by atoms with van der Waals surface area (Å²) in [5, 5.41) is 0. The van der Waals surface area contributed by atoms with E-state index in [4.69, 9.17) is 9.47 Å². The summed E-state index contributed by atoms with van der Waals surface area (Å²) in [6.45, 7) is 6.23. The summed E-state index contributed by atoms with van der Waals surface area (Å²) >= 11 is 0. The first kappa shape index (κ1) is 6.62. The summed E-state index contributed by atoms with van der Waals surface area (Å²) < 4.78 is 11.4. The molecule has 0 aliphatic carbocycles. The van der Waals surface area contributed by atoms with Gasteiger partial charge >= 0.3 is 0 Å². The Balaban J connectivity index is 2.25. The van der Waals surface area contributed by atoms with Gasteiger partial charge in [-0.2, -0.15) is 0 Å². The van der Waals surface area contributed by atoms with E-state index in [9.17, 15) is 0 Å². The summed E-state index contributed by atoms with van der Waals surface area (Å²) in [6.07, 6.45) is 2.54. The minimum absolute atomic E-state index is 0.0486. The Hall–Kier alpha value is -0.0800. The fraction of sp³-hybridized carbons (Fsp3) is 1.00. The van der Waals surface area contributed by atoms with E-state index in [0.29, 0.717) is 6.10 Å². The lowest BCUT2D eigenvalue weighted by Gasteiger charge is -2.29. The number of fused-ring (bicyclic) bond motifs is 2. The van der Waals surface area contributed by atoms with E-state index in [1.165, 1.54) is 0 Å². The zero-order chi connectivity index (χ0) is 7.41. The highest BCUT2D eigenvalue weighted by Gasteiger charge is 2.54. The van der Waals surface area contributed by atoms with Crippen molar-refractivity contribution < 1.29 is 9.47 Å². The van der Waals surface area contributed by atoms with E-state index in [-0.39, 0.29) is 11.4 Å². The number of ether oxygens (including phenoxy) is 2. The molecule has 2 saturated heterocycles. The fourth-order valence-electron chi connectivity index (χ4n) is 2.00. The van der Waals surface area contributed by atoms with Crippen molar-refractivity contribution in [3.05, 3.63) is 0 Å². The molecule has 0 aromatic heterocycles. The highest BCUT2D eigenvalue weighted by atomic mass is 16.8. The number of hydrogen-bond donors (Lipinski definition) is 0. The monoisotopic (exact) mass is 142 g/mol. The van der Waals surface area contributed by atoms with Crippen molar-refractivity contribution in [1.82, 2.24) is 0 Å². The molecule has 0 radical (unpaired) electrons. The summed E-state index contributed by atoms with van der Waals surface area (Å²) in [7, 11) is 0. The van der Waals surface area contributed by atoms with Crippen LogP contribution in [-0.4, -0.2) is 17.5 Å². The maximum atomic E-state index is 5.71. The summed E-state index contributed by atoms with van der Waals surface area (Å²) in [5.74, 6) is -0.256. The first-order chi connectivity index (χ1) is 4.52. The molecule has 2 nitrogen and oxygen atoms in total. The first-order valence-corrected chi connectivity index (χ1v) is 3.90. The maximum absolute atomic E-state index is 5.71. The van der Waals surface area contributed by atoms with Crippen molar-refractivity contribution in [2.24, 2.45) is 0 Å². The SMILES string of the molecule is CC1(C)O[C@]2(C)CC[C@H]1O2. The summed E-state index contributed by atoms with van der Waals surface area (Å²) in [4.78, 5) is 0. The van der Waals surface area contributed by atoms with Gasteiger partial charge in [0.2, 0.25) is 0 Å². The minimum atomic E-state index is -0.256. The van der Waals surface area contributed by atoms with Gasteiger partial charge in [0.25, 0.3) is 0 Å². The highest BCUT2D eigenvalue weighted by molar-refractivity contribution is 4.96. The summed E-state index contributed by atoms with van der Waals surface area (Å²) in [6, 6.07) is 0. The van der Waals surface area contributed by atoms with Crippen molar-refractivity contribution in [3.63, 3.8) is 0 Å². The van der Waals surface area contributed by atoms with Gasteiger partial charge in [-0.3, -0.25) is 0 Å². The molecule has 0 amide bonds. The van der Waals surface area contributed by atoms with Gasteiger partial charge in [0, 0.05) is 6.42 Å². The average molecular weight is 142 g/mol. The van der Waals surface area contributed by atoms with E-state index in [0.717, 1.165) is 12.8 Å². The van der Waals surface area contributed by atoms with Crippen LogP contribution in [0, 0.1) is 0 Å². The quantitative estimate of drug-likeness (QED) is 0.512. The lowest BCUT2D eigenvalue weighted by atomic mass is 9.95. The Morgan fingerprint density at radius 2 is 2.00 bits per heavy atom. The molecule has 2 heteroatoms. The van der Waals surface area contributed by atoms with Crippen LogP contribution in [0.2, 0.25) is 0 Å². The largest absolute Gasteiger partial charge is 0.344 e. The van der Waals surface area contributed by atoms with E-state index in [2.05, 4.69) is 13.8 Å². The van der Waals surface area contributed by atoms with E-state index >= 15 is 0 Å². The van der Waals surface area contributed by atoms with Gasteiger partial charge in [0.1, 0.15) is 0 Å². The van der Waals surface area contributed by atoms with E-state index in [1.54, 1.807) is 0 Å². The molecule has 0 aromatic rings. The molecule has 2 rings (SSSR count). The van der Waals surface area contributed by atoms with Crippen LogP contribution in [0.5, 0.6) is 0 Å². The molecule has 2 atom stereocenters. The van der Waals surface area contributed by atoms with Crippen molar-refractivity contribution in [2.45, 2.75) is 51.1 Å². The van der Waals surface area contributed by atoms with Gasteiger partial charge in [-0.05, 0) is 27.2 Å². The Kier molecular flexibility index (Phi) is 1.03. The third-order valence-electron chi connectivity index (χ3n) is 2.51. The smallest absolute Gasteiger partial charge is 0.166 e. The normalized spacial score (nSPS) is 50.1. The molecule has 2 aliphatic heterocycles. The number of rotatable bonds is 0. The molecule has 58 valence electrons.